The van der Waals surface area contributed by atoms with E-state index in [-0.39, 0.29) is 18.6 Å². The monoisotopic (exact) mass is 303 g/mol. The number of carbonyl (C=O) groups excluding carboxylic acids is 1. The van der Waals surface area contributed by atoms with Gasteiger partial charge in [0.2, 0.25) is 5.91 Å². The number of hydrogen-bond donors (Lipinski definition) is 2. The summed E-state index contributed by atoms with van der Waals surface area (Å²) in [7, 11) is 1.63. The SMILES string of the molecule is COc1cccc(/C(C)=C/C(=O)NC2CCC(CO)CC2)c1. The van der Waals surface area contributed by atoms with Gasteiger partial charge in [0.05, 0.1) is 7.11 Å². The molecule has 1 aliphatic carbocycles. The van der Waals surface area contributed by atoms with Gasteiger partial charge in [-0.25, -0.2) is 0 Å². The molecule has 4 nitrogen and oxygen atoms in total. The van der Waals surface area contributed by atoms with Gasteiger partial charge in [-0.1, -0.05) is 12.1 Å². The van der Waals surface area contributed by atoms with Crippen LogP contribution in [-0.4, -0.2) is 30.8 Å². The predicted molar refractivity (Wildman–Crippen MR) is 87.6 cm³/mol. The van der Waals surface area contributed by atoms with Crippen LogP contribution in [0.1, 0.15) is 38.2 Å². The van der Waals surface area contributed by atoms with Crippen molar-refractivity contribution in [2.75, 3.05) is 13.7 Å². The molecule has 0 heterocycles. The molecule has 0 radical (unpaired) electrons. The minimum absolute atomic E-state index is 0.0484. The molecule has 0 saturated heterocycles. The number of amides is 1. The van der Waals surface area contributed by atoms with Crippen molar-refractivity contribution in [3.05, 3.63) is 35.9 Å². The normalized spacial score (nSPS) is 22.2. The zero-order valence-corrected chi connectivity index (χ0v) is 13.3. The summed E-state index contributed by atoms with van der Waals surface area (Å²) in [4.78, 5) is 12.1. The molecule has 1 saturated carbocycles. The number of hydrogen-bond acceptors (Lipinski definition) is 3. The summed E-state index contributed by atoms with van der Waals surface area (Å²) < 4.78 is 5.20. The van der Waals surface area contributed by atoms with Gasteiger partial charge < -0.3 is 15.2 Å². The summed E-state index contributed by atoms with van der Waals surface area (Å²) in [5.41, 5.74) is 1.90. The van der Waals surface area contributed by atoms with E-state index in [0.29, 0.717) is 5.92 Å². The Morgan fingerprint density at radius 3 is 2.73 bits per heavy atom. The second-order valence-electron chi connectivity index (χ2n) is 5.97. The molecular formula is C18H25NO3. The number of nitrogens with one attached hydrogen (secondary N) is 1. The summed E-state index contributed by atoms with van der Waals surface area (Å²) in [6, 6.07) is 7.92. The molecule has 4 heteroatoms. The number of aliphatic hydroxyl groups is 1. The van der Waals surface area contributed by atoms with Crippen LogP contribution in [0.2, 0.25) is 0 Å². The largest absolute Gasteiger partial charge is 0.497 e. The molecule has 1 aliphatic rings. The zero-order chi connectivity index (χ0) is 15.9. The summed E-state index contributed by atoms with van der Waals surface area (Å²) in [5.74, 6) is 1.14. The van der Waals surface area contributed by atoms with Crippen LogP contribution >= 0.6 is 0 Å². The molecule has 2 rings (SSSR count). The number of methoxy groups -OCH3 is 1. The third-order valence-electron chi connectivity index (χ3n) is 4.32. The lowest BCUT2D eigenvalue weighted by molar-refractivity contribution is -0.117. The Bertz CT molecular complexity index is 531. The van der Waals surface area contributed by atoms with E-state index in [2.05, 4.69) is 5.32 Å². The number of benzene rings is 1. The summed E-state index contributed by atoms with van der Waals surface area (Å²) in [6.07, 6.45) is 5.51. The molecule has 120 valence electrons. The van der Waals surface area contributed by atoms with Crippen molar-refractivity contribution in [1.82, 2.24) is 5.32 Å². The number of ether oxygens (including phenoxy) is 1. The van der Waals surface area contributed by atoms with Gasteiger partial charge in [0.1, 0.15) is 5.75 Å². The second-order valence-corrected chi connectivity index (χ2v) is 5.97. The molecule has 0 unspecified atom stereocenters. The fourth-order valence-corrected chi connectivity index (χ4v) is 2.88. The van der Waals surface area contributed by atoms with Crippen LogP contribution in [0.5, 0.6) is 5.75 Å². The van der Waals surface area contributed by atoms with Gasteiger partial charge in [-0.2, -0.15) is 0 Å². The van der Waals surface area contributed by atoms with Crippen molar-refractivity contribution in [2.45, 2.75) is 38.6 Å². The summed E-state index contributed by atoms with van der Waals surface area (Å²) >= 11 is 0. The third kappa shape index (κ3) is 4.60. The molecule has 22 heavy (non-hydrogen) atoms. The Morgan fingerprint density at radius 2 is 2.09 bits per heavy atom. The predicted octanol–water partition coefficient (Wildman–Crippen LogP) is 2.77. The van der Waals surface area contributed by atoms with Crippen molar-refractivity contribution >= 4 is 11.5 Å². The topological polar surface area (TPSA) is 58.6 Å². The van der Waals surface area contributed by atoms with Gasteiger partial charge >= 0.3 is 0 Å². The molecular weight excluding hydrogens is 278 g/mol. The van der Waals surface area contributed by atoms with Crippen LogP contribution in [-0.2, 0) is 4.79 Å². The Balaban J connectivity index is 1.92. The molecule has 0 atom stereocenters. The van der Waals surface area contributed by atoms with Crippen LogP contribution in [0.15, 0.2) is 30.3 Å². The maximum Gasteiger partial charge on any atom is 0.244 e. The maximum atomic E-state index is 12.1. The highest BCUT2D eigenvalue weighted by Crippen LogP contribution is 2.24. The van der Waals surface area contributed by atoms with Crippen molar-refractivity contribution < 1.29 is 14.6 Å². The molecule has 1 aromatic carbocycles. The second kappa shape index (κ2) is 7.99. The van der Waals surface area contributed by atoms with E-state index in [9.17, 15) is 4.79 Å². The average molecular weight is 303 g/mol. The highest BCUT2D eigenvalue weighted by Gasteiger charge is 2.21. The third-order valence-corrected chi connectivity index (χ3v) is 4.32. The smallest absolute Gasteiger partial charge is 0.244 e. The Hall–Kier alpha value is -1.81. The van der Waals surface area contributed by atoms with Crippen molar-refractivity contribution in [1.29, 1.82) is 0 Å². The van der Waals surface area contributed by atoms with E-state index >= 15 is 0 Å². The van der Waals surface area contributed by atoms with Crippen LogP contribution in [0.25, 0.3) is 5.57 Å². The summed E-state index contributed by atoms with van der Waals surface area (Å²) in [6.45, 7) is 2.19. The lowest BCUT2D eigenvalue weighted by atomic mass is 9.86. The first-order chi connectivity index (χ1) is 10.6. The first-order valence-corrected chi connectivity index (χ1v) is 7.86. The fraction of sp³-hybridized carbons (Fsp3) is 0.500. The van der Waals surface area contributed by atoms with E-state index in [1.54, 1.807) is 13.2 Å². The van der Waals surface area contributed by atoms with E-state index in [1.165, 1.54) is 0 Å². The molecule has 0 bridgehead atoms. The van der Waals surface area contributed by atoms with E-state index in [1.807, 2.05) is 31.2 Å². The Labute approximate surface area is 132 Å². The standard InChI is InChI=1S/C18H25NO3/c1-13(15-4-3-5-17(11-15)22-2)10-18(21)19-16-8-6-14(12-20)7-9-16/h3-5,10-11,14,16,20H,6-9,12H2,1-2H3,(H,19,21)/b13-10+. The lowest BCUT2D eigenvalue weighted by Gasteiger charge is -2.27. The molecule has 1 aromatic rings. The first-order valence-electron chi connectivity index (χ1n) is 7.86. The van der Waals surface area contributed by atoms with Gasteiger partial charge in [0, 0.05) is 18.7 Å². The zero-order valence-electron chi connectivity index (χ0n) is 13.3. The molecule has 1 fully saturated rings. The highest BCUT2D eigenvalue weighted by atomic mass is 16.5. The fourth-order valence-electron chi connectivity index (χ4n) is 2.88. The van der Waals surface area contributed by atoms with E-state index in [4.69, 9.17) is 9.84 Å². The van der Waals surface area contributed by atoms with Crippen molar-refractivity contribution in [3.63, 3.8) is 0 Å². The molecule has 1 amide bonds. The van der Waals surface area contributed by atoms with Crippen LogP contribution in [0, 0.1) is 5.92 Å². The van der Waals surface area contributed by atoms with Gasteiger partial charge in [0.15, 0.2) is 0 Å². The quantitative estimate of drug-likeness (QED) is 0.822. The minimum Gasteiger partial charge on any atom is -0.497 e. The minimum atomic E-state index is -0.0484. The molecule has 0 aliphatic heterocycles. The van der Waals surface area contributed by atoms with Gasteiger partial charge in [0.25, 0.3) is 0 Å². The molecule has 0 aromatic heterocycles. The van der Waals surface area contributed by atoms with Crippen LogP contribution < -0.4 is 10.1 Å². The van der Waals surface area contributed by atoms with Gasteiger partial charge in [-0.3, -0.25) is 4.79 Å². The number of rotatable bonds is 5. The lowest BCUT2D eigenvalue weighted by Crippen LogP contribution is -2.37. The maximum absolute atomic E-state index is 12.1. The van der Waals surface area contributed by atoms with Crippen LogP contribution in [0.3, 0.4) is 0 Å². The van der Waals surface area contributed by atoms with Crippen molar-refractivity contribution in [2.24, 2.45) is 5.92 Å². The highest BCUT2D eigenvalue weighted by molar-refractivity contribution is 5.95. The van der Waals surface area contributed by atoms with Gasteiger partial charge in [-0.05, 0) is 61.8 Å². The van der Waals surface area contributed by atoms with Gasteiger partial charge in [-0.15, -0.1) is 0 Å². The number of carbonyl (C=O) groups is 1. The van der Waals surface area contributed by atoms with E-state index < -0.39 is 0 Å². The Kier molecular flexibility index (Phi) is 6.01. The van der Waals surface area contributed by atoms with Crippen LogP contribution in [0.4, 0.5) is 0 Å². The first kappa shape index (κ1) is 16.6. The molecule has 2 N–H and O–H groups in total. The Morgan fingerprint density at radius 1 is 1.36 bits per heavy atom. The van der Waals surface area contributed by atoms with E-state index in [0.717, 1.165) is 42.6 Å². The molecule has 0 spiro atoms. The number of allylic oxidation sites excluding steroid dienone is 1. The van der Waals surface area contributed by atoms with Crippen molar-refractivity contribution in [3.8, 4) is 5.75 Å². The summed E-state index contributed by atoms with van der Waals surface area (Å²) in [5, 5.41) is 12.2. The average Bonchev–Trinajstić information content (AvgIpc) is 2.55. The number of aliphatic hydroxyl groups excluding tert-OH is 1.